The van der Waals surface area contributed by atoms with Gasteiger partial charge in [0.1, 0.15) is 23.9 Å². The van der Waals surface area contributed by atoms with E-state index in [9.17, 15) is 9.18 Å². The molecule has 122 valence electrons. The molecule has 1 heterocycles. The molecule has 0 bridgehead atoms. The maximum atomic E-state index is 12.9. The van der Waals surface area contributed by atoms with Gasteiger partial charge in [0.15, 0.2) is 5.11 Å². The zero-order chi connectivity index (χ0) is 17.1. The monoisotopic (exact) mass is 342 g/mol. The van der Waals surface area contributed by atoms with Gasteiger partial charge < -0.3 is 10.1 Å². The lowest BCUT2D eigenvalue weighted by Crippen LogP contribution is -2.25. The molecule has 0 aliphatic carbocycles. The van der Waals surface area contributed by atoms with Crippen molar-refractivity contribution in [3.05, 3.63) is 71.2 Å². The highest BCUT2D eigenvalue weighted by atomic mass is 32.1. The number of rotatable bonds is 4. The zero-order valence-corrected chi connectivity index (χ0v) is 13.8. The molecule has 6 heteroatoms. The van der Waals surface area contributed by atoms with Crippen molar-refractivity contribution in [1.29, 1.82) is 0 Å². The van der Waals surface area contributed by atoms with Crippen molar-refractivity contribution in [1.82, 2.24) is 10.2 Å². The first-order valence-corrected chi connectivity index (χ1v) is 7.72. The first-order chi connectivity index (χ1) is 11.5. The summed E-state index contributed by atoms with van der Waals surface area (Å²) in [6, 6.07) is 13.5. The average molecular weight is 342 g/mol. The van der Waals surface area contributed by atoms with Gasteiger partial charge in [-0.2, -0.15) is 0 Å². The number of halogens is 1. The quantitative estimate of drug-likeness (QED) is 0.685. The standard InChI is InChI=1S/C18H15FN2O2S/c1-21-17(22)16(20-18(21)24)10-12-4-8-15(9-5-12)23-11-13-2-6-14(19)7-3-13/h2-10H,11H2,1H3,(H,20,24)/b16-10-. The van der Waals surface area contributed by atoms with Gasteiger partial charge in [-0.1, -0.05) is 24.3 Å². The molecule has 1 saturated heterocycles. The Kier molecular flexibility index (Phi) is 4.57. The molecule has 0 radical (unpaired) electrons. The molecule has 0 unspecified atom stereocenters. The van der Waals surface area contributed by atoms with Crippen molar-refractivity contribution in [2.75, 3.05) is 7.05 Å². The molecule has 24 heavy (non-hydrogen) atoms. The largest absolute Gasteiger partial charge is 0.489 e. The number of ether oxygens (including phenoxy) is 1. The van der Waals surface area contributed by atoms with Gasteiger partial charge in [0, 0.05) is 7.05 Å². The van der Waals surface area contributed by atoms with Gasteiger partial charge in [-0.15, -0.1) is 0 Å². The lowest BCUT2D eigenvalue weighted by atomic mass is 10.2. The van der Waals surface area contributed by atoms with E-state index in [2.05, 4.69) is 5.32 Å². The molecular formula is C18H15FN2O2S. The Balaban J connectivity index is 1.64. The Labute approximate surface area is 144 Å². The topological polar surface area (TPSA) is 41.6 Å². The second-order valence-electron chi connectivity index (χ2n) is 5.34. The number of nitrogens with one attached hydrogen (secondary N) is 1. The summed E-state index contributed by atoms with van der Waals surface area (Å²) in [6.07, 6.45) is 1.74. The summed E-state index contributed by atoms with van der Waals surface area (Å²) >= 11 is 5.03. The fourth-order valence-electron chi connectivity index (χ4n) is 2.20. The van der Waals surface area contributed by atoms with Crippen LogP contribution >= 0.6 is 12.2 Å². The van der Waals surface area contributed by atoms with Crippen molar-refractivity contribution in [3.8, 4) is 5.75 Å². The third kappa shape index (κ3) is 3.60. The van der Waals surface area contributed by atoms with E-state index in [-0.39, 0.29) is 11.7 Å². The van der Waals surface area contributed by atoms with E-state index in [1.54, 1.807) is 25.3 Å². The molecule has 1 aliphatic rings. The Morgan fingerprint density at radius 3 is 2.42 bits per heavy atom. The molecule has 2 aromatic rings. The minimum absolute atomic E-state index is 0.156. The molecule has 4 nitrogen and oxygen atoms in total. The van der Waals surface area contributed by atoms with Gasteiger partial charge in [0.05, 0.1) is 0 Å². The Bertz CT molecular complexity index is 801. The van der Waals surface area contributed by atoms with E-state index in [0.717, 1.165) is 11.1 Å². The maximum Gasteiger partial charge on any atom is 0.276 e. The summed E-state index contributed by atoms with van der Waals surface area (Å²) in [5, 5.41) is 3.27. The van der Waals surface area contributed by atoms with Crippen LogP contribution < -0.4 is 10.1 Å². The fraction of sp³-hybridized carbons (Fsp3) is 0.111. The minimum Gasteiger partial charge on any atom is -0.489 e. The van der Waals surface area contributed by atoms with E-state index in [1.807, 2.05) is 24.3 Å². The molecule has 0 aromatic heterocycles. The number of thiocarbonyl (C=S) groups is 1. The third-order valence-corrected chi connectivity index (χ3v) is 3.97. The fourth-order valence-corrected chi connectivity index (χ4v) is 2.39. The zero-order valence-electron chi connectivity index (χ0n) is 13.0. The van der Waals surface area contributed by atoms with Crippen LogP contribution in [0.4, 0.5) is 4.39 Å². The van der Waals surface area contributed by atoms with Crippen LogP contribution in [-0.4, -0.2) is 23.0 Å². The molecule has 1 N–H and O–H groups in total. The minimum atomic E-state index is -0.267. The highest BCUT2D eigenvalue weighted by Crippen LogP contribution is 2.18. The number of carbonyl (C=O) groups excluding carboxylic acids is 1. The predicted octanol–water partition coefficient (Wildman–Crippen LogP) is 3.09. The summed E-state index contributed by atoms with van der Waals surface area (Å²) in [6.45, 7) is 0.361. The Hall–Kier alpha value is -2.73. The van der Waals surface area contributed by atoms with Crippen LogP contribution in [0.25, 0.3) is 6.08 Å². The molecule has 2 aromatic carbocycles. The second-order valence-corrected chi connectivity index (χ2v) is 5.72. The SMILES string of the molecule is CN1C(=O)/C(=C/c2ccc(OCc3ccc(F)cc3)cc2)NC1=S. The van der Waals surface area contributed by atoms with E-state index in [1.165, 1.54) is 17.0 Å². The van der Waals surface area contributed by atoms with E-state index >= 15 is 0 Å². The number of carbonyl (C=O) groups is 1. The van der Waals surface area contributed by atoms with Crippen molar-refractivity contribution in [2.24, 2.45) is 0 Å². The maximum absolute atomic E-state index is 12.9. The first kappa shape index (κ1) is 16.1. The Morgan fingerprint density at radius 2 is 1.83 bits per heavy atom. The van der Waals surface area contributed by atoms with Crippen molar-refractivity contribution >= 4 is 29.3 Å². The molecule has 1 fully saturated rings. The summed E-state index contributed by atoms with van der Waals surface area (Å²) in [7, 11) is 1.63. The molecule has 1 amide bonds. The molecule has 3 rings (SSSR count). The average Bonchev–Trinajstić information content (AvgIpc) is 2.83. The molecule has 0 spiro atoms. The highest BCUT2D eigenvalue weighted by Gasteiger charge is 2.26. The van der Waals surface area contributed by atoms with Crippen LogP contribution in [0, 0.1) is 5.82 Å². The summed E-state index contributed by atoms with van der Waals surface area (Å²) in [5.41, 5.74) is 2.19. The molecule has 0 saturated carbocycles. The first-order valence-electron chi connectivity index (χ1n) is 7.31. The number of amides is 1. The molecule has 1 aliphatic heterocycles. The molecular weight excluding hydrogens is 327 g/mol. The normalized spacial score (nSPS) is 15.8. The number of hydrogen-bond acceptors (Lipinski definition) is 3. The number of likely N-dealkylation sites (N-methyl/N-ethyl adjacent to an activating group) is 1. The van der Waals surface area contributed by atoms with Gasteiger partial charge in [-0.3, -0.25) is 9.69 Å². The molecule has 0 atom stereocenters. The van der Waals surface area contributed by atoms with Gasteiger partial charge in [-0.05, 0) is 53.7 Å². The van der Waals surface area contributed by atoms with Crippen molar-refractivity contribution in [2.45, 2.75) is 6.61 Å². The van der Waals surface area contributed by atoms with Crippen LogP contribution in [0.5, 0.6) is 5.75 Å². The Morgan fingerprint density at radius 1 is 1.17 bits per heavy atom. The van der Waals surface area contributed by atoms with E-state index in [4.69, 9.17) is 17.0 Å². The lowest BCUT2D eigenvalue weighted by molar-refractivity contribution is -0.121. The third-order valence-electron chi connectivity index (χ3n) is 3.59. The van der Waals surface area contributed by atoms with Crippen LogP contribution in [0.15, 0.2) is 54.2 Å². The summed E-state index contributed by atoms with van der Waals surface area (Å²) in [5.74, 6) is 0.271. The lowest BCUT2D eigenvalue weighted by Gasteiger charge is -2.06. The van der Waals surface area contributed by atoms with Crippen LogP contribution in [0.2, 0.25) is 0 Å². The van der Waals surface area contributed by atoms with Gasteiger partial charge >= 0.3 is 0 Å². The van der Waals surface area contributed by atoms with Gasteiger partial charge in [0.25, 0.3) is 5.91 Å². The number of benzene rings is 2. The van der Waals surface area contributed by atoms with Crippen LogP contribution in [-0.2, 0) is 11.4 Å². The smallest absolute Gasteiger partial charge is 0.276 e. The number of hydrogen-bond donors (Lipinski definition) is 1. The van der Waals surface area contributed by atoms with E-state index in [0.29, 0.717) is 23.2 Å². The summed E-state index contributed by atoms with van der Waals surface area (Å²) in [4.78, 5) is 13.3. The van der Waals surface area contributed by atoms with Crippen molar-refractivity contribution in [3.63, 3.8) is 0 Å². The van der Waals surface area contributed by atoms with E-state index < -0.39 is 0 Å². The predicted molar refractivity (Wildman–Crippen MR) is 93.7 cm³/mol. The van der Waals surface area contributed by atoms with Crippen LogP contribution in [0.3, 0.4) is 0 Å². The second kappa shape index (κ2) is 6.80. The van der Waals surface area contributed by atoms with Gasteiger partial charge in [0.2, 0.25) is 0 Å². The van der Waals surface area contributed by atoms with Crippen molar-refractivity contribution < 1.29 is 13.9 Å². The van der Waals surface area contributed by atoms with Crippen LogP contribution in [0.1, 0.15) is 11.1 Å². The number of nitrogens with zero attached hydrogens (tertiary/aromatic N) is 1. The summed E-state index contributed by atoms with van der Waals surface area (Å²) < 4.78 is 18.5. The van der Waals surface area contributed by atoms with Gasteiger partial charge in [-0.25, -0.2) is 4.39 Å². The highest BCUT2D eigenvalue weighted by molar-refractivity contribution is 7.80.